The lowest BCUT2D eigenvalue weighted by molar-refractivity contribution is 0.0598. The van der Waals surface area contributed by atoms with Crippen LogP contribution in [0.25, 0.3) is 0 Å². The Labute approximate surface area is 147 Å². The van der Waals surface area contributed by atoms with Crippen LogP contribution in [-0.4, -0.2) is 59.0 Å². The van der Waals surface area contributed by atoms with E-state index in [0.717, 1.165) is 18.5 Å². The third-order valence-electron chi connectivity index (χ3n) is 3.66. The van der Waals surface area contributed by atoms with Crippen molar-refractivity contribution in [2.24, 2.45) is 11.1 Å². The highest BCUT2D eigenvalue weighted by atomic mass is 32.2. The van der Waals surface area contributed by atoms with Gasteiger partial charge in [-0.05, 0) is 30.2 Å². The van der Waals surface area contributed by atoms with Crippen molar-refractivity contribution >= 4 is 22.0 Å². The van der Waals surface area contributed by atoms with Crippen LogP contribution >= 0.6 is 0 Å². The molecule has 0 aliphatic rings. The second-order valence-corrected chi connectivity index (χ2v) is 8.40. The zero-order valence-corrected chi connectivity index (χ0v) is 15.8. The highest BCUT2D eigenvalue weighted by Gasteiger charge is 2.29. The van der Waals surface area contributed by atoms with Crippen LogP contribution in [0.3, 0.4) is 0 Å². The van der Waals surface area contributed by atoms with Crippen LogP contribution in [0.4, 0.5) is 0 Å². The fourth-order valence-corrected chi connectivity index (χ4v) is 3.58. The van der Waals surface area contributed by atoms with E-state index in [1.54, 1.807) is 0 Å². The Morgan fingerprint density at radius 3 is 1.88 bits per heavy atom. The zero-order valence-electron chi connectivity index (χ0n) is 15.0. The third-order valence-corrected chi connectivity index (χ3v) is 5.44. The van der Waals surface area contributed by atoms with Gasteiger partial charge < -0.3 is 15.2 Å². The minimum absolute atomic E-state index is 0.0598. The molecule has 0 saturated carbocycles. The van der Waals surface area contributed by atoms with E-state index in [4.69, 9.17) is 5.73 Å². The van der Waals surface area contributed by atoms with E-state index in [0.29, 0.717) is 6.54 Å². The van der Waals surface area contributed by atoms with Gasteiger partial charge in [-0.15, -0.1) is 0 Å². The maximum absolute atomic E-state index is 12.8. The molecule has 25 heavy (non-hydrogen) atoms. The average Bonchev–Trinajstić information content (AvgIpc) is 2.59. The SMILES string of the molecule is COC(=O)c1cc(C(=O)OC)cc(S(=O)(=O)N(C)CC(C)(C)CN)c1. The number of carbonyl (C=O) groups excluding carboxylic acids is 2. The summed E-state index contributed by atoms with van der Waals surface area (Å²) < 4.78 is 36.0. The van der Waals surface area contributed by atoms with Crippen molar-refractivity contribution in [1.29, 1.82) is 0 Å². The van der Waals surface area contributed by atoms with Gasteiger partial charge in [-0.1, -0.05) is 13.8 Å². The van der Waals surface area contributed by atoms with E-state index in [-0.39, 0.29) is 22.6 Å². The molecule has 140 valence electrons. The van der Waals surface area contributed by atoms with Gasteiger partial charge in [-0.2, -0.15) is 0 Å². The molecule has 0 spiro atoms. The Hall–Kier alpha value is -1.97. The van der Waals surface area contributed by atoms with Gasteiger partial charge in [0.15, 0.2) is 0 Å². The average molecular weight is 372 g/mol. The summed E-state index contributed by atoms with van der Waals surface area (Å²) in [5.41, 5.74) is 5.10. The largest absolute Gasteiger partial charge is 0.465 e. The lowest BCUT2D eigenvalue weighted by atomic mass is 9.94. The minimum atomic E-state index is -3.95. The molecule has 1 rings (SSSR count). The Kier molecular flexibility index (Phi) is 6.69. The van der Waals surface area contributed by atoms with Gasteiger partial charge in [-0.25, -0.2) is 22.3 Å². The minimum Gasteiger partial charge on any atom is -0.465 e. The van der Waals surface area contributed by atoms with Crippen LogP contribution in [-0.2, 0) is 19.5 Å². The highest BCUT2D eigenvalue weighted by molar-refractivity contribution is 7.89. The summed E-state index contributed by atoms with van der Waals surface area (Å²) in [4.78, 5) is 23.4. The van der Waals surface area contributed by atoms with Crippen molar-refractivity contribution in [3.05, 3.63) is 29.3 Å². The first-order valence-electron chi connectivity index (χ1n) is 7.46. The predicted molar refractivity (Wildman–Crippen MR) is 91.8 cm³/mol. The van der Waals surface area contributed by atoms with E-state index in [1.165, 1.54) is 25.2 Å². The van der Waals surface area contributed by atoms with Gasteiger partial charge in [0.25, 0.3) is 0 Å². The molecule has 0 aliphatic carbocycles. The first-order chi connectivity index (χ1) is 11.5. The van der Waals surface area contributed by atoms with Crippen molar-refractivity contribution < 1.29 is 27.5 Å². The normalized spacial score (nSPS) is 12.1. The molecule has 0 atom stereocenters. The standard InChI is InChI=1S/C16H24N2O6S/c1-16(2,9-17)10-18(3)25(21,22)13-7-11(14(19)23-4)6-12(8-13)15(20)24-5/h6-8H,9-10,17H2,1-5H3. The maximum atomic E-state index is 12.8. The summed E-state index contributed by atoms with van der Waals surface area (Å²) >= 11 is 0. The molecule has 1 aromatic carbocycles. The van der Waals surface area contributed by atoms with Crippen molar-refractivity contribution in [1.82, 2.24) is 4.31 Å². The number of benzene rings is 1. The lowest BCUT2D eigenvalue weighted by Crippen LogP contribution is -2.39. The number of rotatable bonds is 7. The Bertz CT molecular complexity index is 724. The van der Waals surface area contributed by atoms with Gasteiger partial charge in [0, 0.05) is 13.6 Å². The number of carbonyl (C=O) groups is 2. The molecular formula is C16H24N2O6S. The van der Waals surface area contributed by atoms with E-state index in [9.17, 15) is 18.0 Å². The van der Waals surface area contributed by atoms with Crippen molar-refractivity contribution in [3.63, 3.8) is 0 Å². The Morgan fingerprint density at radius 1 is 1.08 bits per heavy atom. The molecule has 0 bridgehead atoms. The number of hydrogen-bond donors (Lipinski definition) is 1. The first kappa shape index (κ1) is 21.1. The first-order valence-corrected chi connectivity index (χ1v) is 8.90. The molecule has 0 amide bonds. The van der Waals surface area contributed by atoms with Gasteiger partial charge in [0.1, 0.15) is 0 Å². The molecule has 0 saturated heterocycles. The number of sulfonamides is 1. The molecule has 8 nitrogen and oxygen atoms in total. The number of methoxy groups -OCH3 is 2. The van der Waals surface area contributed by atoms with Crippen LogP contribution in [0.5, 0.6) is 0 Å². The molecule has 9 heteroatoms. The molecule has 0 radical (unpaired) electrons. The van der Waals surface area contributed by atoms with Crippen LogP contribution < -0.4 is 5.73 Å². The van der Waals surface area contributed by atoms with Crippen LogP contribution in [0.1, 0.15) is 34.6 Å². The third kappa shape index (κ3) is 5.00. The smallest absolute Gasteiger partial charge is 0.337 e. The summed E-state index contributed by atoms with van der Waals surface area (Å²) in [5, 5.41) is 0. The number of esters is 2. The molecule has 2 N–H and O–H groups in total. The van der Waals surface area contributed by atoms with Gasteiger partial charge in [-0.3, -0.25) is 0 Å². The van der Waals surface area contributed by atoms with E-state index >= 15 is 0 Å². The van der Waals surface area contributed by atoms with Gasteiger partial charge >= 0.3 is 11.9 Å². The maximum Gasteiger partial charge on any atom is 0.337 e. The topological polar surface area (TPSA) is 116 Å². The van der Waals surface area contributed by atoms with E-state index < -0.39 is 27.4 Å². The fourth-order valence-electron chi connectivity index (χ4n) is 2.15. The summed E-state index contributed by atoms with van der Waals surface area (Å²) in [7, 11) is -0.209. The van der Waals surface area contributed by atoms with Gasteiger partial charge in [0.2, 0.25) is 10.0 Å². The molecule has 0 unspecified atom stereocenters. The van der Waals surface area contributed by atoms with Crippen molar-refractivity contribution in [2.45, 2.75) is 18.7 Å². The second kappa shape index (κ2) is 7.94. The monoisotopic (exact) mass is 372 g/mol. The highest BCUT2D eigenvalue weighted by Crippen LogP contribution is 2.23. The molecule has 0 fully saturated rings. The number of hydrogen-bond acceptors (Lipinski definition) is 7. The van der Waals surface area contributed by atoms with Crippen molar-refractivity contribution in [2.75, 3.05) is 34.4 Å². The summed E-state index contributed by atoms with van der Waals surface area (Å²) in [6, 6.07) is 3.56. The van der Waals surface area contributed by atoms with E-state index in [1.807, 2.05) is 13.8 Å². The van der Waals surface area contributed by atoms with Crippen molar-refractivity contribution in [3.8, 4) is 0 Å². The Morgan fingerprint density at radius 2 is 1.52 bits per heavy atom. The molecule has 0 aromatic heterocycles. The zero-order chi connectivity index (χ0) is 19.4. The Balaban J connectivity index is 3.43. The quantitative estimate of drug-likeness (QED) is 0.706. The summed E-state index contributed by atoms with van der Waals surface area (Å²) in [6.45, 7) is 4.14. The predicted octanol–water partition coefficient (Wildman–Crippen LogP) is 0.865. The van der Waals surface area contributed by atoms with E-state index in [2.05, 4.69) is 9.47 Å². The van der Waals surface area contributed by atoms with Crippen LogP contribution in [0.15, 0.2) is 23.1 Å². The number of nitrogens with two attached hydrogens (primary N) is 1. The van der Waals surface area contributed by atoms with Crippen LogP contribution in [0, 0.1) is 5.41 Å². The molecule has 0 aliphatic heterocycles. The molecule has 1 aromatic rings. The number of nitrogens with zero attached hydrogens (tertiary/aromatic N) is 1. The lowest BCUT2D eigenvalue weighted by Gasteiger charge is -2.28. The summed E-state index contributed by atoms with van der Waals surface area (Å²) in [5.74, 6) is -1.51. The molecular weight excluding hydrogens is 348 g/mol. The second-order valence-electron chi connectivity index (χ2n) is 6.36. The number of ether oxygens (including phenoxy) is 2. The fraction of sp³-hybridized carbons (Fsp3) is 0.500. The summed E-state index contributed by atoms with van der Waals surface area (Å²) in [6.07, 6.45) is 0. The molecule has 0 heterocycles. The van der Waals surface area contributed by atoms with Crippen LogP contribution in [0.2, 0.25) is 0 Å². The van der Waals surface area contributed by atoms with Gasteiger partial charge in [0.05, 0.1) is 30.2 Å².